The Bertz CT molecular complexity index is 712. The maximum absolute atomic E-state index is 13.5. The summed E-state index contributed by atoms with van der Waals surface area (Å²) in [5.41, 5.74) is -0.377. The van der Waals surface area contributed by atoms with Gasteiger partial charge in [-0.3, -0.25) is 14.3 Å². The molecule has 0 bridgehead atoms. The van der Waals surface area contributed by atoms with E-state index in [-0.39, 0.29) is 11.4 Å². The molecule has 1 aromatic carbocycles. The molecular weight excluding hydrogens is 282 g/mol. The Labute approximate surface area is 118 Å². The molecule has 0 unspecified atom stereocenters. The van der Waals surface area contributed by atoms with Crippen LogP contribution < -0.4 is 10.6 Å². The Kier molecular flexibility index (Phi) is 3.97. The Morgan fingerprint density at radius 2 is 1.95 bits per heavy atom. The van der Waals surface area contributed by atoms with Crippen LogP contribution in [0.3, 0.4) is 0 Å². The van der Waals surface area contributed by atoms with Crippen LogP contribution in [0.15, 0.2) is 24.4 Å². The number of aryl methyl sites for hydroxylation is 1. The van der Waals surface area contributed by atoms with Crippen molar-refractivity contribution in [2.45, 2.75) is 0 Å². The summed E-state index contributed by atoms with van der Waals surface area (Å²) < 4.78 is 27.9. The van der Waals surface area contributed by atoms with Crippen LogP contribution in [0.5, 0.6) is 0 Å². The molecule has 0 fully saturated rings. The Balaban J connectivity index is 2.32. The van der Waals surface area contributed by atoms with Gasteiger partial charge in [-0.2, -0.15) is 5.10 Å². The van der Waals surface area contributed by atoms with E-state index in [9.17, 15) is 18.4 Å². The maximum Gasteiger partial charge on any atom is 0.273 e. The van der Waals surface area contributed by atoms with Crippen molar-refractivity contribution in [3.05, 3.63) is 47.3 Å². The summed E-state index contributed by atoms with van der Waals surface area (Å²) >= 11 is 0. The van der Waals surface area contributed by atoms with E-state index >= 15 is 0 Å². The predicted octanol–water partition coefficient (Wildman–Crippen LogP) is 1.31. The number of amides is 2. The summed E-state index contributed by atoms with van der Waals surface area (Å²) in [6.45, 7) is 0. The largest absolute Gasteiger partial charge is 0.354 e. The number of benzene rings is 1. The van der Waals surface area contributed by atoms with E-state index < -0.39 is 29.0 Å². The smallest absolute Gasteiger partial charge is 0.273 e. The maximum atomic E-state index is 13.5. The van der Waals surface area contributed by atoms with Crippen LogP contribution in [0.1, 0.15) is 20.8 Å². The van der Waals surface area contributed by atoms with Crippen molar-refractivity contribution in [2.24, 2.45) is 7.05 Å². The van der Waals surface area contributed by atoms with E-state index in [1.165, 1.54) is 17.9 Å². The van der Waals surface area contributed by atoms with Gasteiger partial charge in [-0.05, 0) is 18.2 Å². The zero-order valence-electron chi connectivity index (χ0n) is 11.3. The molecule has 1 heterocycles. The van der Waals surface area contributed by atoms with Gasteiger partial charge in [0.25, 0.3) is 11.8 Å². The second-order valence-electron chi connectivity index (χ2n) is 4.22. The number of carbonyl (C=O) groups excluding carboxylic acids is 2. The van der Waals surface area contributed by atoms with Gasteiger partial charge in [0.05, 0.1) is 11.3 Å². The highest BCUT2D eigenvalue weighted by molar-refractivity contribution is 6.08. The quantitative estimate of drug-likeness (QED) is 0.896. The molecule has 0 spiro atoms. The van der Waals surface area contributed by atoms with Crippen molar-refractivity contribution in [3.8, 4) is 0 Å². The minimum atomic E-state index is -0.870. The average Bonchev–Trinajstić information content (AvgIpc) is 2.81. The van der Waals surface area contributed by atoms with Crippen molar-refractivity contribution < 1.29 is 18.4 Å². The summed E-state index contributed by atoms with van der Waals surface area (Å²) in [6, 6.07) is 2.54. The highest BCUT2D eigenvalue weighted by Gasteiger charge is 2.19. The molecule has 2 rings (SSSR count). The highest BCUT2D eigenvalue weighted by Crippen LogP contribution is 2.16. The first kappa shape index (κ1) is 14.6. The minimum Gasteiger partial charge on any atom is -0.354 e. The molecule has 0 saturated heterocycles. The van der Waals surface area contributed by atoms with Gasteiger partial charge in [0.1, 0.15) is 11.6 Å². The van der Waals surface area contributed by atoms with Crippen LogP contribution in [0.2, 0.25) is 0 Å². The van der Waals surface area contributed by atoms with Crippen LogP contribution in [0.4, 0.5) is 14.5 Å². The molecule has 0 aliphatic heterocycles. The third-order valence-corrected chi connectivity index (χ3v) is 2.69. The average molecular weight is 294 g/mol. The van der Waals surface area contributed by atoms with Crippen LogP contribution in [0, 0.1) is 11.6 Å². The monoisotopic (exact) mass is 294 g/mol. The fourth-order valence-corrected chi connectivity index (χ4v) is 1.73. The first-order chi connectivity index (χ1) is 9.92. The number of rotatable bonds is 3. The fourth-order valence-electron chi connectivity index (χ4n) is 1.73. The fraction of sp³-hybridized carbons (Fsp3) is 0.154. The number of aromatic nitrogens is 2. The molecule has 0 saturated carbocycles. The van der Waals surface area contributed by atoms with Crippen LogP contribution >= 0.6 is 0 Å². The molecule has 110 valence electrons. The van der Waals surface area contributed by atoms with Gasteiger partial charge in [0, 0.05) is 20.3 Å². The third kappa shape index (κ3) is 3.04. The molecule has 21 heavy (non-hydrogen) atoms. The Morgan fingerprint density at radius 3 is 2.62 bits per heavy atom. The van der Waals surface area contributed by atoms with Gasteiger partial charge >= 0.3 is 0 Å². The molecule has 2 aromatic rings. The van der Waals surface area contributed by atoms with Crippen molar-refractivity contribution in [3.63, 3.8) is 0 Å². The molecule has 1 aromatic heterocycles. The zero-order valence-corrected chi connectivity index (χ0v) is 11.3. The van der Waals surface area contributed by atoms with E-state index in [2.05, 4.69) is 15.7 Å². The molecule has 6 nitrogen and oxygen atoms in total. The zero-order chi connectivity index (χ0) is 15.6. The van der Waals surface area contributed by atoms with E-state index in [1.54, 1.807) is 7.05 Å². The van der Waals surface area contributed by atoms with Crippen LogP contribution in [-0.2, 0) is 7.05 Å². The second kappa shape index (κ2) is 5.70. The van der Waals surface area contributed by atoms with Crippen molar-refractivity contribution in [1.29, 1.82) is 0 Å². The first-order valence-corrected chi connectivity index (χ1v) is 5.94. The van der Waals surface area contributed by atoms with Gasteiger partial charge in [-0.1, -0.05) is 0 Å². The SMILES string of the molecule is CNC(=O)c1nn(C)cc1NC(=O)c1cc(F)ccc1F. The molecule has 0 aliphatic rings. The predicted molar refractivity (Wildman–Crippen MR) is 70.9 cm³/mol. The van der Waals surface area contributed by atoms with Crippen LogP contribution in [0.25, 0.3) is 0 Å². The summed E-state index contributed by atoms with van der Waals surface area (Å²) in [5.74, 6) is -2.98. The lowest BCUT2D eigenvalue weighted by Crippen LogP contribution is -2.22. The molecule has 2 N–H and O–H groups in total. The van der Waals surface area contributed by atoms with Gasteiger partial charge in [0.2, 0.25) is 0 Å². The standard InChI is InChI=1S/C13H12F2N4O2/c1-16-13(21)11-10(6-19(2)18-11)17-12(20)8-5-7(14)3-4-9(8)15/h3-6H,1-2H3,(H,16,21)(H,17,20). The Morgan fingerprint density at radius 1 is 1.24 bits per heavy atom. The van der Waals surface area contributed by atoms with Crippen molar-refractivity contribution in [2.75, 3.05) is 12.4 Å². The van der Waals surface area contributed by atoms with Gasteiger partial charge in [0.15, 0.2) is 5.69 Å². The minimum absolute atomic E-state index is 0.0230. The topological polar surface area (TPSA) is 76.0 Å². The molecule has 2 amide bonds. The summed E-state index contributed by atoms with van der Waals surface area (Å²) in [7, 11) is 2.97. The normalized spacial score (nSPS) is 10.3. The van der Waals surface area contributed by atoms with E-state index in [0.717, 1.165) is 18.2 Å². The number of nitrogens with one attached hydrogen (secondary N) is 2. The lowest BCUT2D eigenvalue weighted by molar-refractivity contribution is 0.0958. The molecule has 0 aliphatic carbocycles. The summed E-state index contributed by atoms with van der Waals surface area (Å²) in [6.07, 6.45) is 1.39. The third-order valence-electron chi connectivity index (χ3n) is 2.69. The van der Waals surface area contributed by atoms with Crippen molar-refractivity contribution >= 4 is 17.5 Å². The summed E-state index contributed by atoms with van der Waals surface area (Å²) in [5, 5.41) is 8.60. The summed E-state index contributed by atoms with van der Waals surface area (Å²) in [4.78, 5) is 23.6. The first-order valence-electron chi connectivity index (χ1n) is 5.94. The van der Waals surface area contributed by atoms with Gasteiger partial charge in [-0.15, -0.1) is 0 Å². The number of halogens is 2. The number of nitrogens with zero attached hydrogens (tertiary/aromatic N) is 2. The number of hydrogen-bond acceptors (Lipinski definition) is 3. The Hall–Kier alpha value is -2.77. The number of anilines is 1. The lowest BCUT2D eigenvalue weighted by atomic mass is 10.2. The number of hydrogen-bond donors (Lipinski definition) is 2. The van der Waals surface area contributed by atoms with E-state index in [0.29, 0.717) is 0 Å². The number of carbonyl (C=O) groups is 2. The highest BCUT2D eigenvalue weighted by atomic mass is 19.1. The van der Waals surface area contributed by atoms with E-state index in [4.69, 9.17) is 0 Å². The molecule has 0 radical (unpaired) electrons. The van der Waals surface area contributed by atoms with Crippen molar-refractivity contribution in [1.82, 2.24) is 15.1 Å². The van der Waals surface area contributed by atoms with Gasteiger partial charge < -0.3 is 10.6 Å². The van der Waals surface area contributed by atoms with Crippen LogP contribution in [-0.4, -0.2) is 28.6 Å². The molecule has 0 atom stereocenters. The molecule has 8 heteroatoms. The van der Waals surface area contributed by atoms with E-state index in [1.807, 2.05) is 0 Å². The van der Waals surface area contributed by atoms with Gasteiger partial charge in [-0.25, -0.2) is 8.78 Å². The molecular formula is C13H12F2N4O2. The second-order valence-corrected chi connectivity index (χ2v) is 4.22. The lowest BCUT2D eigenvalue weighted by Gasteiger charge is -2.05.